The Labute approximate surface area is 189 Å². The Morgan fingerprint density at radius 1 is 1.22 bits per heavy atom. The summed E-state index contributed by atoms with van der Waals surface area (Å²) in [6.45, 7) is 1.54. The van der Waals surface area contributed by atoms with Gasteiger partial charge in [-0.3, -0.25) is 9.59 Å². The molecule has 0 fully saturated rings. The number of esters is 1. The highest BCUT2D eigenvalue weighted by atomic mass is 32.2. The van der Waals surface area contributed by atoms with Gasteiger partial charge in [-0.2, -0.15) is 0 Å². The molecule has 32 heavy (non-hydrogen) atoms. The highest BCUT2D eigenvalue weighted by Crippen LogP contribution is 2.38. The molecule has 3 heterocycles. The SMILES string of the molecule is CCOC(=O)c1c(NC(=O)COc2ccc3c(c2)CCC(=O)N3)sc2c1CCS(=O)(=O)C2. The van der Waals surface area contributed by atoms with E-state index in [1.165, 1.54) is 0 Å². The van der Waals surface area contributed by atoms with Crippen LogP contribution < -0.4 is 15.4 Å². The van der Waals surface area contributed by atoms with Crippen molar-refractivity contribution in [3.05, 3.63) is 39.8 Å². The molecule has 9 nitrogen and oxygen atoms in total. The molecule has 2 aliphatic heterocycles. The maximum absolute atomic E-state index is 12.5. The summed E-state index contributed by atoms with van der Waals surface area (Å²) >= 11 is 1.08. The molecule has 0 radical (unpaired) electrons. The average molecular weight is 479 g/mol. The first-order valence-electron chi connectivity index (χ1n) is 10.1. The highest BCUT2D eigenvalue weighted by Gasteiger charge is 2.32. The largest absolute Gasteiger partial charge is 0.484 e. The number of nitrogens with one attached hydrogen (secondary N) is 2. The first-order valence-corrected chi connectivity index (χ1v) is 12.8. The van der Waals surface area contributed by atoms with E-state index < -0.39 is 21.7 Å². The van der Waals surface area contributed by atoms with Gasteiger partial charge >= 0.3 is 5.97 Å². The minimum Gasteiger partial charge on any atom is -0.484 e. The molecule has 2 aliphatic rings. The monoisotopic (exact) mass is 478 g/mol. The molecule has 0 unspecified atom stereocenters. The van der Waals surface area contributed by atoms with Crippen molar-refractivity contribution in [2.24, 2.45) is 0 Å². The number of rotatable bonds is 6. The molecule has 170 valence electrons. The second-order valence-electron chi connectivity index (χ2n) is 7.47. The number of hydrogen-bond acceptors (Lipinski definition) is 8. The zero-order chi connectivity index (χ0) is 22.9. The van der Waals surface area contributed by atoms with Crippen molar-refractivity contribution in [3.8, 4) is 5.75 Å². The number of fused-ring (bicyclic) bond motifs is 2. The van der Waals surface area contributed by atoms with Crippen LogP contribution in [-0.2, 0) is 42.8 Å². The zero-order valence-electron chi connectivity index (χ0n) is 17.4. The standard InChI is InChI=1S/C21H22N2O7S2/c1-2-29-21(26)19-14-7-8-32(27,28)11-16(14)31-20(19)23-18(25)10-30-13-4-5-15-12(9-13)3-6-17(24)22-15/h4-5,9H,2-3,6-8,10-11H2,1H3,(H,22,24)(H,23,25). The Bertz CT molecular complexity index is 1200. The molecule has 0 aliphatic carbocycles. The normalized spacial score (nSPS) is 16.3. The number of aryl methyl sites for hydroxylation is 1. The lowest BCUT2D eigenvalue weighted by Gasteiger charge is -2.17. The molecule has 11 heteroatoms. The maximum Gasteiger partial charge on any atom is 0.341 e. The average Bonchev–Trinajstić information content (AvgIpc) is 3.08. The van der Waals surface area contributed by atoms with Gasteiger partial charge in [-0.15, -0.1) is 11.3 Å². The second-order valence-corrected chi connectivity index (χ2v) is 10.8. The number of carbonyl (C=O) groups is 3. The van der Waals surface area contributed by atoms with Crippen molar-refractivity contribution in [3.63, 3.8) is 0 Å². The lowest BCUT2D eigenvalue weighted by Crippen LogP contribution is -2.22. The van der Waals surface area contributed by atoms with Crippen LogP contribution in [0.4, 0.5) is 10.7 Å². The summed E-state index contributed by atoms with van der Waals surface area (Å²) in [4.78, 5) is 37.0. The number of hydrogen-bond donors (Lipinski definition) is 2. The van der Waals surface area contributed by atoms with E-state index >= 15 is 0 Å². The second kappa shape index (κ2) is 8.91. The number of thiophene rings is 1. The van der Waals surface area contributed by atoms with Crippen LogP contribution in [0.25, 0.3) is 0 Å². The summed E-state index contributed by atoms with van der Waals surface area (Å²) in [7, 11) is -3.23. The van der Waals surface area contributed by atoms with Gasteiger partial charge in [0.1, 0.15) is 10.8 Å². The van der Waals surface area contributed by atoms with E-state index in [9.17, 15) is 22.8 Å². The van der Waals surface area contributed by atoms with Gasteiger partial charge in [-0.05, 0) is 49.1 Å². The molecule has 2 aromatic rings. The number of ether oxygens (including phenoxy) is 2. The van der Waals surface area contributed by atoms with Gasteiger partial charge in [0, 0.05) is 17.0 Å². The lowest BCUT2D eigenvalue weighted by atomic mass is 10.0. The molecular weight excluding hydrogens is 456 g/mol. The molecule has 1 aromatic carbocycles. The molecule has 0 spiro atoms. The maximum atomic E-state index is 12.5. The third-order valence-corrected chi connectivity index (χ3v) is 8.06. The summed E-state index contributed by atoms with van der Waals surface area (Å²) in [5.41, 5.74) is 2.51. The first kappa shape index (κ1) is 22.3. The predicted octanol–water partition coefficient (Wildman–Crippen LogP) is 2.30. The molecule has 0 atom stereocenters. The molecule has 0 bridgehead atoms. The van der Waals surface area contributed by atoms with Gasteiger partial charge in [-0.25, -0.2) is 13.2 Å². The number of anilines is 2. The number of carbonyl (C=O) groups excluding carboxylic acids is 3. The van der Waals surface area contributed by atoms with E-state index in [-0.39, 0.29) is 47.6 Å². The van der Waals surface area contributed by atoms with Crippen molar-refractivity contribution in [2.45, 2.75) is 31.9 Å². The Morgan fingerprint density at radius 2 is 2.03 bits per heavy atom. The lowest BCUT2D eigenvalue weighted by molar-refractivity contribution is -0.118. The highest BCUT2D eigenvalue weighted by molar-refractivity contribution is 7.90. The van der Waals surface area contributed by atoms with Crippen LogP contribution in [0, 0.1) is 0 Å². The van der Waals surface area contributed by atoms with E-state index in [4.69, 9.17) is 9.47 Å². The fraction of sp³-hybridized carbons (Fsp3) is 0.381. The number of benzene rings is 1. The van der Waals surface area contributed by atoms with Gasteiger partial charge in [-0.1, -0.05) is 0 Å². The van der Waals surface area contributed by atoms with Crippen molar-refractivity contribution in [1.82, 2.24) is 0 Å². The van der Waals surface area contributed by atoms with E-state index in [1.807, 2.05) is 0 Å². The minimum absolute atomic E-state index is 0.0330. The Hall–Kier alpha value is -2.92. The van der Waals surface area contributed by atoms with Crippen LogP contribution in [0.2, 0.25) is 0 Å². The Kier molecular flexibility index (Phi) is 6.20. The smallest absolute Gasteiger partial charge is 0.341 e. The van der Waals surface area contributed by atoms with Crippen LogP contribution in [0.1, 0.15) is 39.7 Å². The summed E-state index contributed by atoms with van der Waals surface area (Å²) < 4.78 is 34.7. The molecule has 0 saturated carbocycles. The molecule has 2 amide bonds. The van der Waals surface area contributed by atoms with Crippen LogP contribution in [0.15, 0.2) is 18.2 Å². The third-order valence-electron chi connectivity index (χ3n) is 5.18. The van der Waals surface area contributed by atoms with Gasteiger partial charge in [0.25, 0.3) is 5.91 Å². The number of sulfone groups is 1. The van der Waals surface area contributed by atoms with Crippen molar-refractivity contribution in [1.29, 1.82) is 0 Å². The molecule has 0 saturated heterocycles. The van der Waals surface area contributed by atoms with E-state index in [1.54, 1.807) is 25.1 Å². The van der Waals surface area contributed by atoms with Crippen LogP contribution in [-0.4, -0.2) is 45.2 Å². The van der Waals surface area contributed by atoms with Gasteiger partial charge < -0.3 is 20.1 Å². The summed E-state index contributed by atoms with van der Waals surface area (Å²) in [5, 5.41) is 5.73. The van der Waals surface area contributed by atoms with Gasteiger partial charge in [0.2, 0.25) is 5.91 Å². The summed E-state index contributed by atoms with van der Waals surface area (Å²) in [6.07, 6.45) is 1.20. The molecule has 4 rings (SSSR count). The fourth-order valence-corrected chi connectivity index (χ4v) is 6.75. The van der Waals surface area contributed by atoms with E-state index in [2.05, 4.69) is 10.6 Å². The third kappa shape index (κ3) is 4.78. The van der Waals surface area contributed by atoms with E-state index in [0.717, 1.165) is 22.6 Å². The van der Waals surface area contributed by atoms with Gasteiger partial charge in [0.15, 0.2) is 16.4 Å². The van der Waals surface area contributed by atoms with Crippen molar-refractivity contribution < 1.29 is 32.3 Å². The Morgan fingerprint density at radius 3 is 2.81 bits per heavy atom. The Balaban J connectivity index is 1.48. The topological polar surface area (TPSA) is 128 Å². The predicted molar refractivity (Wildman–Crippen MR) is 119 cm³/mol. The van der Waals surface area contributed by atoms with Crippen LogP contribution in [0.3, 0.4) is 0 Å². The van der Waals surface area contributed by atoms with Crippen LogP contribution >= 0.6 is 11.3 Å². The van der Waals surface area contributed by atoms with Crippen molar-refractivity contribution in [2.75, 3.05) is 29.6 Å². The van der Waals surface area contributed by atoms with Crippen LogP contribution in [0.5, 0.6) is 5.75 Å². The number of amides is 2. The zero-order valence-corrected chi connectivity index (χ0v) is 19.0. The molecular formula is C21H22N2O7S2. The quantitative estimate of drug-likeness (QED) is 0.610. The van der Waals surface area contributed by atoms with E-state index in [0.29, 0.717) is 29.0 Å². The fourth-order valence-electron chi connectivity index (χ4n) is 3.69. The minimum atomic E-state index is -3.23. The van der Waals surface area contributed by atoms with Gasteiger partial charge in [0.05, 0.1) is 23.7 Å². The molecule has 2 N–H and O–H groups in total. The summed E-state index contributed by atoms with van der Waals surface area (Å²) in [6, 6.07) is 5.17. The molecule has 1 aromatic heterocycles. The summed E-state index contributed by atoms with van der Waals surface area (Å²) in [5.74, 6) is -0.817. The first-order chi connectivity index (χ1) is 15.3. The van der Waals surface area contributed by atoms with Crippen molar-refractivity contribution >= 4 is 49.6 Å².